The first-order valence-electron chi connectivity index (χ1n) is 9.58. The molecule has 0 unspecified atom stereocenters. The maximum Gasteiger partial charge on any atom is 0.286 e. The minimum atomic E-state index is -0.476. The van der Waals surface area contributed by atoms with Gasteiger partial charge in [0.25, 0.3) is 11.8 Å². The van der Waals surface area contributed by atoms with Gasteiger partial charge in [0.2, 0.25) is 5.01 Å². The Morgan fingerprint density at radius 1 is 1.23 bits per heavy atom. The van der Waals surface area contributed by atoms with Crippen molar-refractivity contribution >= 4 is 40.4 Å². The average Bonchev–Trinajstić information content (AvgIpc) is 3.43. The number of carbonyl (C=O) groups is 2. The van der Waals surface area contributed by atoms with E-state index in [1.54, 1.807) is 35.2 Å². The van der Waals surface area contributed by atoms with Crippen molar-refractivity contribution in [2.75, 3.05) is 18.5 Å². The van der Waals surface area contributed by atoms with Crippen molar-refractivity contribution < 1.29 is 18.7 Å². The summed E-state index contributed by atoms with van der Waals surface area (Å²) in [5.41, 5.74) is 0.332. The molecule has 0 radical (unpaired) electrons. The Bertz CT molecular complexity index is 1090. The Hall–Kier alpha value is -3.04. The molecule has 0 saturated carbocycles. The summed E-state index contributed by atoms with van der Waals surface area (Å²) in [6, 6.07) is 12.1. The SMILES string of the molecule is O=C(Nc1cccc(F)c1)c1nnc([C@@H]2CCCN2C(=O)COc2ccc(Cl)cc2)s1. The Morgan fingerprint density at radius 3 is 2.81 bits per heavy atom. The van der Waals surface area contributed by atoms with Gasteiger partial charge in [-0.05, 0) is 55.3 Å². The van der Waals surface area contributed by atoms with Gasteiger partial charge < -0.3 is 15.0 Å². The van der Waals surface area contributed by atoms with E-state index in [0.29, 0.717) is 28.0 Å². The lowest BCUT2D eigenvalue weighted by atomic mass is 10.2. The molecule has 10 heteroatoms. The molecule has 7 nitrogen and oxygen atoms in total. The molecule has 4 rings (SSSR count). The lowest BCUT2D eigenvalue weighted by molar-refractivity contribution is -0.134. The van der Waals surface area contributed by atoms with Gasteiger partial charge in [-0.3, -0.25) is 9.59 Å². The summed E-state index contributed by atoms with van der Waals surface area (Å²) in [6.45, 7) is 0.474. The number of ether oxygens (including phenoxy) is 1. The van der Waals surface area contributed by atoms with Crippen LogP contribution in [0.25, 0.3) is 0 Å². The molecule has 2 heterocycles. The molecule has 0 bridgehead atoms. The Kier molecular flexibility index (Phi) is 6.43. The van der Waals surface area contributed by atoms with E-state index in [1.807, 2.05) is 0 Å². The Balaban J connectivity index is 1.39. The van der Waals surface area contributed by atoms with Crippen molar-refractivity contribution in [1.29, 1.82) is 0 Å². The molecular weight excluding hydrogens is 443 g/mol. The van der Waals surface area contributed by atoms with Crippen molar-refractivity contribution in [1.82, 2.24) is 15.1 Å². The fourth-order valence-electron chi connectivity index (χ4n) is 3.29. The first-order chi connectivity index (χ1) is 15.0. The quantitative estimate of drug-likeness (QED) is 0.592. The predicted octanol–water partition coefficient (Wildman–Crippen LogP) is 4.33. The van der Waals surface area contributed by atoms with Crippen LogP contribution in [-0.2, 0) is 4.79 Å². The molecule has 1 aliphatic rings. The van der Waals surface area contributed by atoms with Crippen LogP contribution in [0.15, 0.2) is 48.5 Å². The molecule has 160 valence electrons. The largest absolute Gasteiger partial charge is 0.484 e. The Labute approximate surface area is 186 Å². The highest BCUT2D eigenvalue weighted by atomic mass is 35.5. The zero-order chi connectivity index (χ0) is 21.8. The molecule has 0 spiro atoms. The van der Waals surface area contributed by atoms with E-state index in [2.05, 4.69) is 15.5 Å². The van der Waals surface area contributed by atoms with Crippen LogP contribution in [0.1, 0.15) is 33.7 Å². The molecule has 2 amide bonds. The number of halogens is 2. The van der Waals surface area contributed by atoms with Crippen molar-refractivity contribution in [3.8, 4) is 5.75 Å². The summed E-state index contributed by atoms with van der Waals surface area (Å²) in [5, 5.41) is 12.0. The van der Waals surface area contributed by atoms with E-state index in [0.717, 1.165) is 24.2 Å². The lowest BCUT2D eigenvalue weighted by Gasteiger charge is -2.22. The van der Waals surface area contributed by atoms with Gasteiger partial charge in [0.1, 0.15) is 16.6 Å². The van der Waals surface area contributed by atoms with Crippen molar-refractivity contribution in [3.63, 3.8) is 0 Å². The van der Waals surface area contributed by atoms with Crippen LogP contribution in [0.3, 0.4) is 0 Å². The van der Waals surface area contributed by atoms with Crippen LogP contribution in [-0.4, -0.2) is 40.1 Å². The van der Waals surface area contributed by atoms with E-state index < -0.39 is 11.7 Å². The number of hydrogen-bond donors (Lipinski definition) is 1. The minimum absolute atomic E-state index is 0.107. The second-order valence-corrected chi connectivity index (χ2v) is 8.34. The van der Waals surface area contributed by atoms with Gasteiger partial charge in [-0.15, -0.1) is 10.2 Å². The number of nitrogens with one attached hydrogen (secondary N) is 1. The first kappa shape index (κ1) is 21.2. The molecule has 1 atom stereocenters. The number of rotatable bonds is 6. The third-order valence-corrected chi connectivity index (χ3v) is 6.03. The van der Waals surface area contributed by atoms with Gasteiger partial charge in [0, 0.05) is 17.3 Å². The molecule has 1 fully saturated rings. The van der Waals surface area contributed by atoms with Crippen molar-refractivity contribution in [3.05, 3.63) is 69.4 Å². The number of aromatic nitrogens is 2. The monoisotopic (exact) mass is 460 g/mol. The molecule has 1 aromatic heterocycles. The third-order valence-electron chi connectivity index (χ3n) is 4.75. The van der Waals surface area contributed by atoms with Gasteiger partial charge in [0.05, 0.1) is 6.04 Å². The molecule has 0 aliphatic carbocycles. The highest BCUT2D eigenvalue weighted by Gasteiger charge is 2.33. The molecule has 2 aromatic carbocycles. The predicted molar refractivity (Wildman–Crippen MR) is 115 cm³/mol. The van der Waals surface area contributed by atoms with E-state index in [1.165, 1.54) is 18.2 Å². The smallest absolute Gasteiger partial charge is 0.286 e. The summed E-state index contributed by atoms with van der Waals surface area (Å²) >= 11 is 6.98. The van der Waals surface area contributed by atoms with Crippen LogP contribution in [0.4, 0.5) is 10.1 Å². The second-order valence-electron chi connectivity index (χ2n) is 6.90. The van der Waals surface area contributed by atoms with Crippen LogP contribution in [0.2, 0.25) is 5.02 Å². The van der Waals surface area contributed by atoms with E-state index in [9.17, 15) is 14.0 Å². The fraction of sp³-hybridized carbons (Fsp3) is 0.238. The maximum atomic E-state index is 13.3. The average molecular weight is 461 g/mol. The summed E-state index contributed by atoms with van der Waals surface area (Å²) < 4.78 is 18.9. The topological polar surface area (TPSA) is 84.4 Å². The number of hydrogen-bond acceptors (Lipinski definition) is 6. The van der Waals surface area contributed by atoms with Gasteiger partial charge in [-0.1, -0.05) is 29.0 Å². The van der Waals surface area contributed by atoms with Gasteiger partial charge >= 0.3 is 0 Å². The number of likely N-dealkylation sites (tertiary alicyclic amines) is 1. The summed E-state index contributed by atoms with van der Waals surface area (Å²) in [7, 11) is 0. The molecular formula is C21H18ClFN4O3S. The zero-order valence-corrected chi connectivity index (χ0v) is 17.8. The summed E-state index contributed by atoms with van der Waals surface area (Å²) in [5.74, 6) is -0.535. The van der Waals surface area contributed by atoms with E-state index >= 15 is 0 Å². The van der Waals surface area contributed by atoms with Crippen molar-refractivity contribution in [2.45, 2.75) is 18.9 Å². The third kappa shape index (κ3) is 5.18. The van der Waals surface area contributed by atoms with Gasteiger partial charge in [-0.2, -0.15) is 0 Å². The second kappa shape index (κ2) is 9.40. The molecule has 1 aliphatic heterocycles. The molecule has 1 saturated heterocycles. The number of nitrogens with zero attached hydrogens (tertiary/aromatic N) is 3. The number of benzene rings is 2. The van der Waals surface area contributed by atoms with Gasteiger partial charge in [-0.25, -0.2) is 4.39 Å². The van der Waals surface area contributed by atoms with Crippen LogP contribution < -0.4 is 10.1 Å². The molecule has 31 heavy (non-hydrogen) atoms. The van der Waals surface area contributed by atoms with Crippen LogP contribution >= 0.6 is 22.9 Å². The number of carbonyl (C=O) groups excluding carboxylic acids is 2. The molecule has 3 aromatic rings. The minimum Gasteiger partial charge on any atom is -0.484 e. The highest BCUT2D eigenvalue weighted by molar-refractivity contribution is 7.13. The van der Waals surface area contributed by atoms with Crippen LogP contribution in [0, 0.1) is 5.82 Å². The van der Waals surface area contributed by atoms with Crippen LogP contribution in [0.5, 0.6) is 5.75 Å². The normalized spacial score (nSPS) is 15.7. The molecule has 1 N–H and O–H groups in total. The maximum absolute atomic E-state index is 13.3. The van der Waals surface area contributed by atoms with E-state index in [4.69, 9.17) is 16.3 Å². The van der Waals surface area contributed by atoms with E-state index in [-0.39, 0.29) is 23.6 Å². The van der Waals surface area contributed by atoms with Gasteiger partial charge in [0.15, 0.2) is 6.61 Å². The fourth-order valence-corrected chi connectivity index (χ4v) is 4.30. The first-order valence-corrected chi connectivity index (χ1v) is 10.8. The Morgan fingerprint density at radius 2 is 2.03 bits per heavy atom. The number of anilines is 1. The highest BCUT2D eigenvalue weighted by Crippen LogP contribution is 2.34. The number of amides is 2. The lowest BCUT2D eigenvalue weighted by Crippen LogP contribution is -2.34. The van der Waals surface area contributed by atoms with Crippen molar-refractivity contribution in [2.24, 2.45) is 0 Å². The summed E-state index contributed by atoms with van der Waals surface area (Å²) in [4.78, 5) is 26.8. The summed E-state index contributed by atoms with van der Waals surface area (Å²) in [6.07, 6.45) is 1.55. The standard InChI is InChI=1S/C21H18ClFN4O3S/c22-13-6-8-16(9-7-13)30-12-18(28)27-10-2-5-17(27)20-25-26-21(31-20)19(29)24-15-4-1-3-14(23)11-15/h1,3-4,6-9,11,17H,2,5,10,12H2,(H,24,29)/t17-/m0/s1. The zero-order valence-electron chi connectivity index (χ0n) is 16.3.